The third-order valence-electron chi connectivity index (χ3n) is 1.21. The molecule has 1 atom stereocenters. The number of hydrogen-bond donors (Lipinski definition) is 2. The van der Waals surface area contributed by atoms with Crippen molar-refractivity contribution in [1.29, 1.82) is 0 Å². The lowest BCUT2D eigenvalue weighted by Crippen LogP contribution is -2.33. The molecule has 0 saturated heterocycles. The van der Waals surface area contributed by atoms with E-state index in [1.165, 1.54) is 6.92 Å². The van der Waals surface area contributed by atoms with Gasteiger partial charge in [0.05, 0.1) is 6.61 Å². The zero-order valence-electron chi connectivity index (χ0n) is 8.44. The second-order valence-electron chi connectivity index (χ2n) is 3.19. The van der Waals surface area contributed by atoms with Crippen LogP contribution in [0.15, 0.2) is 0 Å². The van der Waals surface area contributed by atoms with Crippen LogP contribution in [0.3, 0.4) is 0 Å². The molecule has 0 heterocycles. The fraction of sp³-hybridized carbons (Fsp3) is 0.750. The van der Waals surface area contributed by atoms with E-state index in [1.807, 2.05) is 19.3 Å². The number of carbonyl (C=O) groups excluding carboxylic acids is 1. The number of nitrogens with one attached hydrogen (secondary N) is 1. The molecule has 1 amide bonds. The monoisotopic (exact) mass is 205 g/mol. The normalized spacial score (nSPS) is 12.3. The first-order valence-corrected chi connectivity index (χ1v) is 4.24. The highest BCUT2D eigenvalue weighted by Crippen LogP contribution is 1.93. The van der Waals surface area contributed by atoms with Gasteiger partial charge in [0.2, 0.25) is 0 Å². The van der Waals surface area contributed by atoms with Crippen LogP contribution in [0.1, 0.15) is 20.8 Å². The van der Waals surface area contributed by atoms with Gasteiger partial charge in [-0.25, -0.2) is 9.59 Å². The molecule has 6 heteroatoms. The minimum atomic E-state index is -1.16. The molecule has 0 aliphatic rings. The molecular weight excluding hydrogens is 190 g/mol. The van der Waals surface area contributed by atoms with Crippen molar-refractivity contribution < 1.29 is 24.3 Å². The summed E-state index contributed by atoms with van der Waals surface area (Å²) in [6, 6.07) is 0. The van der Waals surface area contributed by atoms with Crippen LogP contribution in [0.5, 0.6) is 0 Å². The maximum Gasteiger partial charge on any atom is 0.431 e. The molecule has 82 valence electrons. The molecule has 0 unspecified atom stereocenters. The summed E-state index contributed by atoms with van der Waals surface area (Å²) in [6.45, 7) is 5.32. The molecule has 6 nitrogen and oxygen atoms in total. The van der Waals surface area contributed by atoms with Crippen molar-refractivity contribution in [1.82, 2.24) is 5.48 Å². The number of carboxylic acids is 1. The van der Waals surface area contributed by atoms with Gasteiger partial charge >= 0.3 is 12.1 Å². The predicted molar refractivity (Wildman–Crippen MR) is 47.5 cm³/mol. The van der Waals surface area contributed by atoms with Gasteiger partial charge in [0.1, 0.15) is 0 Å². The van der Waals surface area contributed by atoms with Crippen molar-refractivity contribution in [3.05, 3.63) is 0 Å². The number of rotatable bonds is 5. The van der Waals surface area contributed by atoms with Gasteiger partial charge in [-0.1, -0.05) is 13.8 Å². The van der Waals surface area contributed by atoms with Gasteiger partial charge in [0, 0.05) is 0 Å². The summed E-state index contributed by atoms with van der Waals surface area (Å²) >= 11 is 0. The second-order valence-corrected chi connectivity index (χ2v) is 3.19. The van der Waals surface area contributed by atoms with E-state index in [2.05, 4.69) is 9.57 Å². The number of hydroxylamine groups is 1. The number of amides is 1. The molecule has 14 heavy (non-hydrogen) atoms. The highest BCUT2D eigenvalue weighted by Gasteiger charge is 2.13. The Kier molecular flexibility index (Phi) is 5.62. The van der Waals surface area contributed by atoms with E-state index in [9.17, 15) is 9.59 Å². The number of aliphatic carboxylic acids is 1. The molecule has 0 aromatic heterocycles. The summed E-state index contributed by atoms with van der Waals surface area (Å²) in [7, 11) is 0. The Morgan fingerprint density at radius 3 is 2.36 bits per heavy atom. The Morgan fingerprint density at radius 1 is 1.36 bits per heavy atom. The van der Waals surface area contributed by atoms with Crippen molar-refractivity contribution in [2.24, 2.45) is 5.92 Å². The number of hydrogen-bond acceptors (Lipinski definition) is 4. The number of carbonyl (C=O) groups is 2. The van der Waals surface area contributed by atoms with Gasteiger partial charge in [-0.3, -0.25) is 4.84 Å². The second kappa shape index (κ2) is 6.20. The lowest BCUT2D eigenvalue weighted by atomic mass is 10.2. The minimum absolute atomic E-state index is 0.220. The van der Waals surface area contributed by atoms with Crippen molar-refractivity contribution in [3.8, 4) is 0 Å². The zero-order valence-corrected chi connectivity index (χ0v) is 8.44. The van der Waals surface area contributed by atoms with Gasteiger partial charge in [-0.15, -0.1) is 0 Å². The first-order chi connectivity index (χ1) is 6.43. The molecule has 2 N–H and O–H groups in total. The maximum atomic E-state index is 10.8. The van der Waals surface area contributed by atoms with Crippen LogP contribution >= 0.6 is 0 Å². The predicted octanol–water partition coefficient (Wildman–Crippen LogP) is 0.773. The Morgan fingerprint density at radius 2 is 1.93 bits per heavy atom. The van der Waals surface area contributed by atoms with E-state index in [0.717, 1.165) is 0 Å². The summed E-state index contributed by atoms with van der Waals surface area (Å²) < 4.78 is 4.67. The largest absolute Gasteiger partial charge is 0.479 e. The highest BCUT2D eigenvalue weighted by molar-refractivity contribution is 5.72. The molecule has 0 aliphatic carbocycles. The van der Waals surface area contributed by atoms with Crippen LogP contribution in [0.4, 0.5) is 4.79 Å². The van der Waals surface area contributed by atoms with Crippen molar-refractivity contribution in [3.63, 3.8) is 0 Å². The van der Waals surface area contributed by atoms with Gasteiger partial charge in [0.15, 0.2) is 6.10 Å². The topological polar surface area (TPSA) is 84.9 Å². The molecule has 0 aromatic rings. The smallest absolute Gasteiger partial charge is 0.431 e. The molecular formula is C8H15NO5. The van der Waals surface area contributed by atoms with Crippen LogP contribution in [0, 0.1) is 5.92 Å². The third-order valence-corrected chi connectivity index (χ3v) is 1.21. The van der Waals surface area contributed by atoms with Gasteiger partial charge in [0.25, 0.3) is 0 Å². The summed E-state index contributed by atoms with van der Waals surface area (Å²) in [5.74, 6) is -0.938. The lowest BCUT2D eigenvalue weighted by molar-refractivity contribution is -0.153. The van der Waals surface area contributed by atoms with Crippen LogP contribution in [-0.4, -0.2) is 29.9 Å². The summed E-state index contributed by atoms with van der Waals surface area (Å²) in [6.07, 6.45) is -1.88. The molecule has 0 aliphatic heterocycles. The summed E-state index contributed by atoms with van der Waals surface area (Å²) in [5, 5.41) is 8.40. The van der Waals surface area contributed by atoms with Crippen LogP contribution in [0.2, 0.25) is 0 Å². The van der Waals surface area contributed by atoms with Crippen molar-refractivity contribution >= 4 is 12.1 Å². The summed E-state index contributed by atoms with van der Waals surface area (Å²) in [5.41, 5.74) is 1.88. The van der Waals surface area contributed by atoms with E-state index >= 15 is 0 Å². The van der Waals surface area contributed by atoms with E-state index in [4.69, 9.17) is 5.11 Å². The fourth-order valence-corrected chi connectivity index (χ4v) is 0.459. The highest BCUT2D eigenvalue weighted by atomic mass is 16.7. The van der Waals surface area contributed by atoms with Crippen LogP contribution in [-0.2, 0) is 14.4 Å². The Labute approximate surface area is 82.1 Å². The molecule has 0 fully saturated rings. The first-order valence-electron chi connectivity index (χ1n) is 4.24. The molecule has 0 rings (SSSR count). The van der Waals surface area contributed by atoms with Gasteiger partial charge in [-0.05, 0) is 12.8 Å². The first kappa shape index (κ1) is 12.7. The quantitative estimate of drug-likeness (QED) is 0.647. The Balaban J connectivity index is 3.59. The Hall–Kier alpha value is -1.30. The lowest BCUT2D eigenvalue weighted by Gasteiger charge is -2.10. The number of ether oxygens (including phenoxy) is 1. The molecule has 0 saturated carbocycles. The van der Waals surface area contributed by atoms with E-state index in [1.54, 1.807) is 0 Å². The van der Waals surface area contributed by atoms with Crippen molar-refractivity contribution in [2.75, 3.05) is 6.61 Å². The zero-order chi connectivity index (χ0) is 11.1. The van der Waals surface area contributed by atoms with Crippen molar-refractivity contribution in [2.45, 2.75) is 26.9 Å². The van der Waals surface area contributed by atoms with Crippen LogP contribution < -0.4 is 5.48 Å². The average Bonchev–Trinajstić information content (AvgIpc) is 2.10. The van der Waals surface area contributed by atoms with Crippen LogP contribution in [0.25, 0.3) is 0 Å². The number of carboxylic acid groups (broad SMARTS) is 1. The molecule has 0 bridgehead atoms. The minimum Gasteiger partial charge on any atom is -0.479 e. The van der Waals surface area contributed by atoms with E-state index in [0.29, 0.717) is 0 Å². The molecule has 0 spiro atoms. The summed E-state index contributed by atoms with van der Waals surface area (Å²) in [4.78, 5) is 25.6. The standard InChI is InChI=1S/C8H15NO5/c1-5(2)4-13-8(12)9-14-6(3)7(10)11/h5-6H,4H2,1-3H3,(H,9,12)(H,10,11)/t6-/m1/s1. The molecule has 0 radical (unpaired) electrons. The molecule has 0 aromatic carbocycles. The third kappa shape index (κ3) is 6.24. The fourth-order valence-electron chi connectivity index (χ4n) is 0.459. The average molecular weight is 205 g/mol. The maximum absolute atomic E-state index is 10.8. The Bertz CT molecular complexity index is 204. The SMILES string of the molecule is CC(C)COC(=O)NO[C@H](C)C(=O)O. The van der Waals surface area contributed by atoms with E-state index in [-0.39, 0.29) is 12.5 Å². The van der Waals surface area contributed by atoms with Gasteiger partial charge in [-0.2, -0.15) is 5.48 Å². The van der Waals surface area contributed by atoms with E-state index < -0.39 is 18.2 Å². The van der Waals surface area contributed by atoms with Gasteiger partial charge < -0.3 is 9.84 Å².